The average Bonchev–Trinajstić information content (AvgIpc) is 2.61. The van der Waals surface area contributed by atoms with Crippen molar-refractivity contribution in [2.24, 2.45) is 5.92 Å². The van der Waals surface area contributed by atoms with Crippen LogP contribution in [0.1, 0.15) is 38.5 Å². The number of alkyl halides is 1. The SMILES string of the molecule is COCC(C)Cc1nnc(CCl)n1C(C)C. The fourth-order valence-electron chi connectivity index (χ4n) is 1.84. The Morgan fingerprint density at radius 2 is 1.88 bits per heavy atom. The Morgan fingerprint density at radius 1 is 1.25 bits per heavy atom. The number of hydrogen-bond acceptors (Lipinski definition) is 3. The molecule has 1 aromatic heterocycles. The molecule has 1 heterocycles. The van der Waals surface area contributed by atoms with Gasteiger partial charge in [-0.2, -0.15) is 0 Å². The van der Waals surface area contributed by atoms with Crippen LogP contribution in [0.2, 0.25) is 0 Å². The molecule has 0 radical (unpaired) electrons. The highest BCUT2D eigenvalue weighted by molar-refractivity contribution is 6.16. The third kappa shape index (κ3) is 3.19. The Kier molecular flexibility index (Phi) is 5.22. The van der Waals surface area contributed by atoms with Crippen molar-refractivity contribution in [3.63, 3.8) is 0 Å². The van der Waals surface area contributed by atoms with E-state index in [1.54, 1.807) is 7.11 Å². The Bertz CT molecular complexity index is 325. The number of halogens is 1. The molecular weight excluding hydrogens is 226 g/mol. The molecule has 0 fully saturated rings. The molecule has 4 nitrogen and oxygen atoms in total. The lowest BCUT2D eigenvalue weighted by Gasteiger charge is -2.15. The second-order valence-electron chi connectivity index (χ2n) is 4.39. The maximum atomic E-state index is 5.84. The van der Waals surface area contributed by atoms with Crippen LogP contribution < -0.4 is 0 Å². The van der Waals surface area contributed by atoms with Gasteiger partial charge in [-0.1, -0.05) is 6.92 Å². The molecule has 1 aromatic rings. The minimum absolute atomic E-state index is 0.341. The van der Waals surface area contributed by atoms with Crippen LogP contribution in [0.25, 0.3) is 0 Å². The van der Waals surface area contributed by atoms with E-state index in [1.807, 2.05) is 0 Å². The van der Waals surface area contributed by atoms with E-state index in [2.05, 4.69) is 35.5 Å². The van der Waals surface area contributed by atoms with Gasteiger partial charge in [0, 0.05) is 26.2 Å². The highest BCUT2D eigenvalue weighted by atomic mass is 35.5. The van der Waals surface area contributed by atoms with Crippen molar-refractivity contribution in [1.82, 2.24) is 14.8 Å². The van der Waals surface area contributed by atoms with Gasteiger partial charge < -0.3 is 9.30 Å². The normalized spacial score (nSPS) is 13.4. The van der Waals surface area contributed by atoms with Crippen molar-refractivity contribution in [2.45, 2.75) is 39.1 Å². The topological polar surface area (TPSA) is 39.9 Å². The third-order valence-corrected chi connectivity index (χ3v) is 2.69. The summed E-state index contributed by atoms with van der Waals surface area (Å²) in [6.45, 7) is 7.11. The lowest BCUT2D eigenvalue weighted by molar-refractivity contribution is 0.158. The molecule has 0 aromatic carbocycles. The van der Waals surface area contributed by atoms with Gasteiger partial charge in [0.05, 0.1) is 5.88 Å². The fourth-order valence-corrected chi connectivity index (χ4v) is 2.02. The van der Waals surface area contributed by atoms with Crippen LogP contribution in [-0.2, 0) is 17.0 Å². The van der Waals surface area contributed by atoms with Crippen molar-refractivity contribution in [2.75, 3.05) is 13.7 Å². The van der Waals surface area contributed by atoms with Crippen molar-refractivity contribution >= 4 is 11.6 Å². The molecule has 1 unspecified atom stereocenters. The maximum absolute atomic E-state index is 5.84. The zero-order valence-electron chi connectivity index (χ0n) is 10.4. The minimum atomic E-state index is 0.341. The summed E-state index contributed by atoms with van der Waals surface area (Å²) in [5.41, 5.74) is 0. The molecule has 1 rings (SSSR count). The number of ether oxygens (including phenoxy) is 1. The zero-order valence-corrected chi connectivity index (χ0v) is 11.2. The summed E-state index contributed by atoms with van der Waals surface area (Å²) in [6, 6.07) is 0.341. The number of rotatable bonds is 6. The van der Waals surface area contributed by atoms with Gasteiger partial charge in [0.15, 0.2) is 0 Å². The number of hydrogen-bond donors (Lipinski definition) is 0. The Labute approximate surface area is 102 Å². The Hall–Kier alpha value is -0.610. The zero-order chi connectivity index (χ0) is 12.1. The Morgan fingerprint density at radius 3 is 2.38 bits per heavy atom. The first kappa shape index (κ1) is 13.5. The molecule has 0 aliphatic heterocycles. The van der Waals surface area contributed by atoms with Gasteiger partial charge in [0.1, 0.15) is 11.6 Å². The van der Waals surface area contributed by atoms with Gasteiger partial charge in [-0.05, 0) is 19.8 Å². The molecule has 16 heavy (non-hydrogen) atoms. The van der Waals surface area contributed by atoms with Crippen molar-refractivity contribution in [3.8, 4) is 0 Å². The van der Waals surface area contributed by atoms with Crippen LogP contribution in [0.15, 0.2) is 0 Å². The summed E-state index contributed by atoms with van der Waals surface area (Å²) in [5, 5.41) is 8.31. The van der Waals surface area contributed by atoms with Gasteiger partial charge in [-0.25, -0.2) is 0 Å². The largest absolute Gasteiger partial charge is 0.384 e. The molecule has 5 heteroatoms. The molecule has 0 amide bonds. The summed E-state index contributed by atoms with van der Waals surface area (Å²) < 4.78 is 7.24. The van der Waals surface area contributed by atoms with Crippen molar-refractivity contribution in [1.29, 1.82) is 0 Å². The molecule has 0 bridgehead atoms. The van der Waals surface area contributed by atoms with Gasteiger partial charge in [-0.15, -0.1) is 21.8 Å². The summed E-state index contributed by atoms with van der Waals surface area (Å²) in [5.74, 6) is 2.69. The van der Waals surface area contributed by atoms with E-state index < -0.39 is 0 Å². The van der Waals surface area contributed by atoms with Gasteiger partial charge in [-0.3, -0.25) is 0 Å². The monoisotopic (exact) mass is 245 g/mol. The van der Waals surface area contributed by atoms with Gasteiger partial charge in [0.2, 0.25) is 0 Å². The highest BCUT2D eigenvalue weighted by Gasteiger charge is 2.16. The summed E-state index contributed by atoms with van der Waals surface area (Å²) in [6.07, 6.45) is 0.871. The van der Waals surface area contributed by atoms with Gasteiger partial charge >= 0.3 is 0 Å². The number of aromatic nitrogens is 3. The lowest BCUT2D eigenvalue weighted by Crippen LogP contribution is -2.14. The second kappa shape index (κ2) is 6.21. The maximum Gasteiger partial charge on any atom is 0.148 e. The van der Waals surface area contributed by atoms with E-state index in [0.717, 1.165) is 24.7 Å². The lowest BCUT2D eigenvalue weighted by atomic mass is 10.1. The molecule has 0 spiro atoms. The predicted molar refractivity (Wildman–Crippen MR) is 64.7 cm³/mol. The molecular formula is C11H20ClN3O. The Balaban J connectivity index is 2.83. The molecule has 0 N–H and O–H groups in total. The summed E-state index contributed by atoms with van der Waals surface area (Å²) >= 11 is 5.84. The molecule has 0 saturated carbocycles. The second-order valence-corrected chi connectivity index (χ2v) is 4.66. The quantitative estimate of drug-likeness (QED) is 0.723. The van der Waals surface area contributed by atoms with E-state index in [0.29, 0.717) is 17.8 Å². The molecule has 1 atom stereocenters. The van der Waals surface area contributed by atoms with E-state index in [4.69, 9.17) is 16.3 Å². The van der Waals surface area contributed by atoms with Crippen molar-refractivity contribution in [3.05, 3.63) is 11.6 Å². The van der Waals surface area contributed by atoms with Crippen molar-refractivity contribution < 1.29 is 4.74 Å². The summed E-state index contributed by atoms with van der Waals surface area (Å²) in [7, 11) is 1.72. The average molecular weight is 246 g/mol. The first-order valence-electron chi connectivity index (χ1n) is 5.57. The minimum Gasteiger partial charge on any atom is -0.384 e. The first-order chi connectivity index (χ1) is 7.60. The fraction of sp³-hybridized carbons (Fsp3) is 0.818. The van der Waals surface area contributed by atoms with E-state index >= 15 is 0 Å². The van der Waals surface area contributed by atoms with Gasteiger partial charge in [0.25, 0.3) is 0 Å². The number of methoxy groups -OCH3 is 1. The molecule has 0 aliphatic rings. The number of nitrogens with zero attached hydrogens (tertiary/aromatic N) is 3. The van der Waals surface area contributed by atoms with Crippen LogP contribution >= 0.6 is 11.6 Å². The molecule has 92 valence electrons. The summed E-state index contributed by atoms with van der Waals surface area (Å²) in [4.78, 5) is 0. The standard InChI is InChI=1S/C11H20ClN3O/c1-8(2)15-10(5-9(3)7-16-4)13-14-11(15)6-12/h8-9H,5-7H2,1-4H3. The van der Waals surface area contributed by atoms with Crippen LogP contribution in [0.4, 0.5) is 0 Å². The van der Waals surface area contributed by atoms with E-state index in [-0.39, 0.29) is 0 Å². The molecule has 0 saturated heterocycles. The van der Waals surface area contributed by atoms with Crippen LogP contribution in [0.5, 0.6) is 0 Å². The van der Waals surface area contributed by atoms with E-state index in [1.165, 1.54) is 0 Å². The highest BCUT2D eigenvalue weighted by Crippen LogP contribution is 2.16. The van der Waals surface area contributed by atoms with E-state index in [9.17, 15) is 0 Å². The predicted octanol–water partition coefficient (Wildman–Crippen LogP) is 2.42. The molecule has 0 aliphatic carbocycles. The first-order valence-corrected chi connectivity index (χ1v) is 6.11. The third-order valence-electron chi connectivity index (χ3n) is 2.46. The van der Waals surface area contributed by atoms with Crippen LogP contribution in [0, 0.1) is 5.92 Å². The van der Waals surface area contributed by atoms with Crippen LogP contribution in [0.3, 0.4) is 0 Å². The van der Waals surface area contributed by atoms with Crippen LogP contribution in [-0.4, -0.2) is 28.5 Å². The smallest absolute Gasteiger partial charge is 0.148 e.